The van der Waals surface area contributed by atoms with E-state index in [9.17, 15) is 9.59 Å². The first-order valence-electron chi connectivity index (χ1n) is 4.18. The molecule has 0 saturated carbocycles. The molecule has 0 unspecified atom stereocenters. The van der Waals surface area contributed by atoms with Crippen LogP contribution in [0.5, 0.6) is 0 Å². The molecule has 0 heterocycles. The fourth-order valence-corrected chi connectivity index (χ4v) is 1.20. The zero-order valence-electron chi connectivity index (χ0n) is 7.39. The standard InChI is InChI=1S/C10H12O2/c1-3-7-5-10(12)8(4-2)6-9(7)11/h5-6H,3-4H2,1-2H3. The normalized spacial score (nSPS) is 17.5. The van der Waals surface area contributed by atoms with Crippen LogP contribution in [-0.2, 0) is 9.59 Å². The van der Waals surface area contributed by atoms with Gasteiger partial charge in [0.05, 0.1) is 0 Å². The SMILES string of the molecule is CCC1=CC(=O)C(CC)=CC1=O. The van der Waals surface area contributed by atoms with Gasteiger partial charge in [0.1, 0.15) is 0 Å². The number of allylic oxidation sites excluding steroid dienone is 4. The van der Waals surface area contributed by atoms with Gasteiger partial charge in [0.15, 0.2) is 11.6 Å². The molecule has 0 aromatic carbocycles. The van der Waals surface area contributed by atoms with Crippen LogP contribution in [0.3, 0.4) is 0 Å². The first-order chi connectivity index (χ1) is 5.69. The zero-order chi connectivity index (χ0) is 9.14. The molecule has 2 nitrogen and oxygen atoms in total. The van der Waals surface area contributed by atoms with Crippen LogP contribution in [0.2, 0.25) is 0 Å². The van der Waals surface area contributed by atoms with Gasteiger partial charge in [-0.1, -0.05) is 13.8 Å². The van der Waals surface area contributed by atoms with Gasteiger partial charge in [0.25, 0.3) is 0 Å². The molecule has 0 spiro atoms. The Morgan fingerprint density at radius 3 is 1.50 bits per heavy atom. The second kappa shape index (κ2) is 3.48. The predicted octanol–water partition coefficient (Wildman–Crippen LogP) is 1.81. The molecule has 64 valence electrons. The molecule has 0 fully saturated rings. The molecular weight excluding hydrogens is 152 g/mol. The van der Waals surface area contributed by atoms with Crippen LogP contribution < -0.4 is 0 Å². The number of ketones is 2. The van der Waals surface area contributed by atoms with Crippen molar-refractivity contribution in [2.45, 2.75) is 26.7 Å². The van der Waals surface area contributed by atoms with E-state index in [0.29, 0.717) is 24.0 Å². The van der Waals surface area contributed by atoms with E-state index in [-0.39, 0.29) is 11.6 Å². The molecule has 12 heavy (non-hydrogen) atoms. The van der Waals surface area contributed by atoms with Crippen LogP contribution in [-0.4, -0.2) is 11.6 Å². The summed E-state index contributed by atoms with van der Waals surface area (Å²) in [6.07, 6.45) is 4.19. The van der Waals surface area contributed by atoms with Crippen molar-refractivity contribution in [2.24, 2.45) is 0 Å². The molecule has 0 aromatic rings. The summed E-state index contributed by atoms with van der Waals surface area (Å²) in [4.78, 5) is 22.5. The lowest BCUT2D eigenvalue weighted by molar-refractivity contribution is -0.115. The van der Waals surface area contributed by atoms with Crippen LogP contribution in [0, 0.1) is 0 Å². The molecule has 0 amide bonds. The number of rotatable bonds is 2. The van der Waals surface area contributed by atoms with Gasteiger partial charge in [0.2, 0.25) is 0 Å². The average Bonchev–Trinajstić information content (AvgIpc) is 2.08. The van der Waals surface area contributed by atoms with E-state index >= 15 is 0 Å². The van der Waals surface area contributed by atoms with Gasteiger partial charge < -0.3 is 0 Å². The van der Waals surface area contributed by atoms with Crippen molar-refractivity contribution in [1.82, 2.24) is 0 Å². The molecule has 0 aliphatic heterocycles. The summed E-state index contributed by atoms with van der Waals surface area (Å²) >= 11 is 0. The highest BCUT2D eigenvalue weighted by Crippen LogP contribution is 2.15. The summed E-state index contributed by atoms with van der Waals surface area (Å²) in [5.74, 6) is -0.0112. The maximum atomic E-state index is 11.2. The highest BCUT2D eigenvalue weighted by atomic mass is 16.1. The second-order valence-corrected chi connectivity index (χ2v) is 2.77. The van der Waals surface area contributed by atoms with Crippen molar-refractivity contribution < 1.29 is 9.59 Å². The summed E-state index contributed by atoms with van der Waals surface area (Å²) in [5, 5.41) is 0. The first-order valence-corrected chi connectivity index (χ1v) is 4.18. The van der Waals surface area contributed by atoms with Crippen LogP contribution in [0.4, 0.5) is 0 Å². The average molecular weight is 164 g/mol. The summed E-state index contributed by atoms with van der Waals surface area (Å²) in [7, 11) is 0. The van der Waals surface area contributed by atoms with E-state index in [0.717, 1.165) is 0 Å². The fraction of sp³-hybridized carbons (Fsp3) is 0.400. The molecule has 0 N–H and O–H groups in total. The maximum absolute atomic E-state index is 11.2. The smallest absolute Gasteiger partial charge is 0.182 e. The van der Waals surface area contributed by atoms with E-state index < -0.39 is 0 Å². The molecule has 1 rings (SSSR count). The van der Waals surface area contributed by atoms with E-state index in [4.69, 9.17) is 0 Å². The molecule has 0 atom stereocenters. The first kappa shape index (κ1) is 8.91. The van der Waals surface area contributed by atoms with Gasteiger partial charge in [-0.3, -0.25) is 9.59 Å². The zero-order valence-corrected chi connectivity index (χ0v) is 7.39. The quantitative estimate of drug-likeness (QED) is 0.583. The Balaban J connectivity index is 2.94. The summed E-state index contributed by atoms with van der Waals surface area (Å²) in [5.41, 5.74) is 1.24. The van der Waals surface area contributed by atoms with Crippen LogP contribution in [0.15, 0.2) is 23.3 Å². The summed E-state index contributed by atoms with van der Waals surface area (Å²) in [6.45, 7) is 3.75. The van der Waals surface area contributed by atoms with Gasteiger partial charge in [-0.05, 0) is 25.0 Å². The van der Waals surface area contributed by atoms with Crippen LogP contribution in [0.1, 0.15) is 26.7 Å². The van der Waals surface area contributed by atoms with Crippen molar-refractivity contribution in [3.05, 3.63) is 23.3 Å². The van der Waals surface area contributed by atoms with E-state index in [2.05, 4.69) is 0 Å². The van der Waals surface area contributed by atoms with E-state index in [1.807, 2.05) is 13.8 Å². The lowest BCUT2D eigenvalue weighted by Crippen LogP contribution is -2.12. The summed E-state index contributed by atoms with van der Waals surface area (Å²) < 4.78 is 0. The third-order valence-electron chi connectivity index (χ3n) is 2.01. The van der Waals surface area contributed by atoms with E-state index in [1.54, 1.807) is 0 Å². The molecule has 1 aliphatic rings. The highest BCUT2D eigenvalue weighted by molar-refractivity contribution is 6.19. The minimum absolute atomic E-state index is 0.00560. The Labute approximate surface area is 72.0 Å². The molecule has 1 aliphatic carbocycles. The molecule has 2 heteroatoms. The Kier molecular flexibility index (Phi) is 2.58. The largest absolute Gasteiger partial charge is 0.290 e. The number of carbonyl (C=O) groups is 2. The lowest BCUT2D eigenvalue weighted by atomic mass is 9.94. The monoisotopic (exact) mass is 164 g/mol. The third-order valence-corrected chi connectivity index (χ3v) is 2.01. The maximum Gasteiger partial charge on any atom is 0.182 e. The minimum Gasteiger partial charge on any atom is -0.290 e. The van der Waals surface area contributed by atoms with Crippen LogP contribution in [0.25, 0.3) is 0 Å². The second-order valence-electron chi connectivity index (χ2n) is 2.77. The Morgan fingerprint density at radius 2 is 1.25 bits per heavy atom. The molecule has 0 saturated heterocycles. The van der Waals surface area contributed by atoms with Gasteiger partial charge in [0, 0.05) is 11.1 Å². The van der Waals surface area contributed by atoms with Gasteiger partial charge in [-0.25, -0.2) is 0 Å². The molecule has 0 radical (unpaired) electrons. The van der Waals surface area contributed by atoms with E-state index in [1.165, 1.54) is 12.2 Å². The van der Waals surface area contributed by atoms with Crippen molar-refractivity contribution in [3.8, 4) is 0 Å². The Morgan fingerprint density at radius 1 is 0.917 bits per heavy atom. The van der Waals surface area contributed by atoms with Crippen LogP contribution >= 0.6 is 0 Å². The predicted molar refractivity (Wildman–Crippen MR) is 46.8 cm³/mol. The van der Waals surface area contributed by atoms with Crippen molar-refractivity contribution in [1.29, 1.82) is 0 Å². The third kappa shape index (κ3) is 1.52. The summed E-state index contributed by atoms with van der Waals surface area (Å²) in [6, 6.07) is 0. The molecular formula is C10H12O2. The molecule has 0 bridgehead atoms. The van der Waals surface area contributed by atoms with Gasteiger partial charge >= 0.3 is 0 Å². The number of carbonyl (C=O) groups excluding carboxylic acids is 2. The Bertz CT molecular complexity index is 252. The molecule has 0 aromatic heterocycles. The van der Waals surface area contributed by atoms with Crippen molar-refractivity contribution in [3.63, 3.8) is 0 Å². The topological polar surface area (TPSA) is 34.1 Å². The van der Waals surface area contributed by atoms with Crippen molar-refractivity contribution >= 4 is 11.6 Å². The number of hydrogen-bond donors (Lipinski definition) is 0. The van der Waals surface area contributed by atoms with Gasteiger partial charge in [-0.2, -0.15) is 0 Å². The lowest BCUT2D eigenvalue weighted by Gasteiger charge is -2.08. The minimum atomic E-state index is -0.00560. The van der Waals surface area contributed by atoms with Crippen molar-refractivity contribution in [2.75, 3.05) is 0 Å². The van der Waals surface area contributed by atoms with Gasteiger partial charge in [-0.15, -0.1) is 0 Å². The Hall–Kier alpha value is -1.18. The highest BCUT2D eigenvalue weighted by Gasteiger charge is 2.16. The number of hydrogen-bond acceptors (Lipinski definition) is 2. The fourth-order valence-electron chi connectivity index (χ4n) is 1.20.